The van der Waals surface area contributed by atoms with Gasteiger partial charge in [-0.15, -0.1) is 0 Å². The topological polar surface area (TPSA) is 94.1 Å². The van der Waals surface area contributed by atoms with Crippen molar-refractivity contribution >= 4 is 28.1 Å². The van der Waals surface area contributed by atoms with Crippen molar-refractivity contribution in [3.63, 3.8) is 0 Å². The van der Waals surface area contributed by atoms with Crippen molar-refractivity contribution in [2.45, 2.75) is 31.8 Å². The molecule has 9 heteroatoms. The fourth-order valence-electron chi connectivity index (χ4n) is 3.59. The Morgan fingerprint density at radius 1 is 1.21 bits per heavy atom. The molecule has 3 aromatic rings. The van der Waals surface area contributed by atoms with Gasteiger partial charge in [-0.1, -0.05) is 11.3 Å². The third kappa shape index (κ3) is 3.88. The second-order valence-electron chi connectivity index (χ2n) is 7.09. The lowest BCUT2D eigenvalue weighted by Crippen LogP contribution is -2.18. The molecule has 150 valence electrons. The predicted octanol–water partition coefficient (Wildman–Crippen LogP) is 3.44. The van der Waals surface area contributed by atoms with Gasteiger partial charge in [0.25, 0.3) is 0 Å². The van der Waals surface area contributed by atoms with E-state index in [1.165, 1.54) is 0 Å². The normalized spacial score (nSPS) is 17.5. The Hall–Kier alpha value is -2.78. The van der Waals surface area contributed by atoms with E-state index in [-0.39, 0.29) is 0 Å². The minimum Gasteiger partial charge on any atom is -0.481 e. The maximum atomic E-state index is 5.69. The molecule has 1 aliphatic carbocycles. The highest BCUT2D eigenvalue weighted by molar-refractivity contribution is 7.19. The lowest BCUT2D eigenvalue weighted by atomic mass is 10.00. The minimum absolute atomic E-state index is 0.291. The van der Waals surface area contributed by atoms with Crippen LogP contribution in [0.25, 0.3) is 10.6 Å². The maximum Gasteiger partial charge on any atom is 0.227 e. The number of methoxy groups -OCH3 is 1. The van der Waals surface area contributed by atoms with Gasteiger partial charge in [0.15, 0.2) is 5.13 Å². The Balaban J connectivity index is 1.35. The van der Waals surface area contributed by atoms with Crippen LogP contribution in [-0.4, -0.2) is 46.3 Å². The van der Waals surface area contributed by atoms with Crippen molar-refractivity contribution in [3.05, 3.63) is 35.8 Å². The first kappa shape index (κ1) is 18.3. The van der Waals surface area contributed by atoms with E-state index < -0.39 is 0 Å². The number of thiazole rings is 1. The summed E-state index contributed by atoms with van der Waals surface area (Å²) in [5, 5.41) is 7.60. The van der Waals surface area contributed by atoms with Gasteiger partial charge in [0.1, 0.15) is 0 Å². The van der Waals surface area contributed by atoms with Crippen LogP contribution in [0, 0.1) is 0 Å². The molecular formula is C20H22N6O2S. The number of ether oxygens (including phenoxy) is 2. The quantitative estimate of drug-likeness (QED) is 0.638. The zero-order chi connectivity index (χ0) is 19.6. The van der Waals surface area contributed by atoms with Crippen LogP contribution in [0.1, 0.15) is 24.1 Å². The highest BCUT2D eigenvalue weighted by atomic mass is 32.1. The summed E-state index contributed by atoms with van der Waals surface area (Å²) in [5.41, 5.74) is 4.04. The SMILES string of the molecule is COc1ccc(Nc2ncc3c(n2)-c2sc(NCC4CCCO4)nc2CC3)cn1. The number of rotatable bonds is 6. The summed E-state index contributed by atoms with van der Waals surface area (Å²) in [6.45, 7) is 1.67. The van der Waals surface area contributed by atoms with Gasteiger partial charge in [-0.25, -0.2) is 19.9 Å². The van der Waals surface area contributed by atoms with E-state index in [1.807, 2.05) is 12.3 Å². The monoisotopic (exact) mass is 410 g/mol. The van der Waals surface area contributed by atoms with Crippen LogP contribution in [0.2, 0.25) is 0 Å². The van der Waals surface area contributed by atoms with Crippen LogP contribution >= 0.6 is 11.3 Å². The number of hydrogen-bond donors (Lipinski definition) is 2. The molecule has 0 bridgehead atoms. The lowest BCUT2D eigenvalue weighted by molar-refractivity contribution is 0.120. The molecule has 0 spiro atoms. The molecule has 1 atom stereocenters. The van der Waals surface area contributed by atoms with Gasteiger partial charge < -0.3 is 20.1 Å². The number of anilines is 3. The highest BCUT2D eigenvalue weighted by Gasteiger charge is 2.24. The van der Waals surface area contributed by atoms with E-state index in [2.05, 4.69) is 20.6 Å². The molecule has 2 N–H and O–H groups in total. The molecule has 5 rings (SSSR count). The summed E-state index contributed by atoms with van der Waals surface area (Å²) in [4.78, 5) is 19.4. The Morgan fingerprint density at radius 2 is 2.17 bits per heavy atom. The average molecular weight is 411 g/mol. The molecule has 0 amide bonds. The summed E-state index contributed by atoms with van der Waals surface area (Å²) in [5.74, 6) is 1.12. The largest absolute Gasteiger partial charge is 0.481 e. The number of aryl methyl sites for hydroxylation is 2. The summed E-state index contributed by atoms with van der Waals surface area (Å²) in [6.07, 6.45) is 7.98. The number of aromatic nitrogens is 4. The van der Waals surface area contributed by atoms with Gasteiger partial charge in [-0.2, -0.15) is 0 Å². The zero-order valence-electron chi connectivity index (χ0n) is 16.1. The molecule has 0 aromatic carbocycles. The molecule has 3 aromatic heterocycles. The first-order valence-corrected chi connectivity index (χ1v) is 10.6. The van der Waals surface area contributed by atoms with Crippen LogP contribution in [0.3, 0.4) is 0 Å². The molecule has 2 aliphatic rings. The molecule has 0 saturated carbocycles. The minimum atomic E-state index is 0.291. The molecule has 8 nitrogen and oxygen atoms in total. The van der Waals surface area contributed by atoms with Crippen LogP contribution in [0.15, 0.2) is 24.5 Å². The smallest absolute Gasteiger partial charge is 0.227 e. The summed E-state index contributed by atoms with van der Waals surface area (Å²) < 4.78 is 10.8. The Labute approximate surface area is 172 Å². The fourth-order valence-corrected chi connectivity index (χ4v) is 4.64. The van der Waals surface area contributed by atoms with E-state index in [0.717, 1.165) is 71.5 Å². The van der Waals surface area contributed by atoms with Crippen molar-refractivity contribution in [1.29, 1.82) is 0 Å². The van der Waals surface area contributed by atoms with Gasteiger partial charge in [0.05, 0.1) is 41.4 Å². The Morgan fingerprint density at radius 3 is 2.97 bits per heavy atom. The average Bonchev–Trinajstić information content (AvgIpc) is 3.42. The predicted molar refractivity (Wildman–Crippen MR) is 112 cm³/mol. The molecule has 0 radical (unpaired) electrons. The zero-order valence-corrected chi connectivity index (χ0v) is 17.0. The van der Waals surface area contributed by atoms with Crippen molar-refractivity contribution < 1.29 is 9.47 Å². The Kier molecular flexibility index (Phi) is 4.99. The molecule has 1 unspecified atom stereocenters. The van der Waals surface area contributed by atoms with E-state index >= 15 is 0 Å². The van der Waals surface area contributed by atoms with Gasteiger partial charge in [0, 0.05) is 25.4 Å². The second kappa shape index (κ2) is 7.92. The molecule has 1 fully saturated rings. The molecule has 1 saturated heterocycles. The number of pyridine rings is 1. The van der Waals surface area contributed by atoms with Crippen molar-refractivity contribution in [3.8, 4) is 16.5 Å². The van der Waals surface area contributed by atoms with Crippen molar-refractivity contribution in [2.75, 3.05) is 30.9 Å². The Bertz CT molecular complexity index is 1000. The highest BCUT2D eigenvalue weighted by Crippen LogP contribution is 2.38. The van der Waals surface area contributed by atoms with E-state index in [9.17, 15) is 0 Å². The summed E-state index contributed by atoms with van der Waals surface area (Å²) in [6, 6.07) is 3.69. The van der Waals surface area contributed by atoms with Gasteiger partial charge in [-0.3, -0.25) is 0 Å². The number of nitrogens with one attached hydrogen (secondary N) is 2. The summed E-state index contributed by atoms with van der Waals surface area (Å²) >= 11 is 1.66. The van der Waals surface area contributed by atoms with Crippen LogP contribution in [-0.2, 0) is 17.6 Å². The van der Waals surface area contributed by atoms with Crippen molar-refractivity contribution in [1.82, 2.24) is 19.9 Å². The number of fused-ring (bicyclic) bond motifs is 3. The third-order valence-corrected chi connectivity index (χ3v) is 6.18. The standard InChI is InChI=1S/C20H22N6O2S/c1-27-16-7-5-13(10-21-16)24-19-22-9-12-4-6-15-18(17(12)26-19)29-20(25-15)23-11-14-3-2-8-28-14/h5,7,9-10,14H,2-4,6,8,11H2,1H3,(H,23,25)(H,22,24,26). The number of nitrogens with zero attached hydrogens (tertiary/aromatic N) is 4. The lowest BCUT2D eigenvalue weighted by Gasteiger charge is -2.14. The van der Waals surface area contributed by atoms with Gasteiger partial charge in [0.2, 0.25) is 11.8 Å². The van der Waals surface area contributed by atoms with Gasteiger partial charge >= 0.3 is 0 Å². The van der Waals surface area contributed by atoms with Crippen LogP contribution in [0.5, 0.6) is 5.88 Å². The van der Waals surface area contributed by atoms with E-state index in [0.29, 0.717) is 17.9 Å². The molecule has 1 aliphatic heterocycles. The summed E-state index contributed by atoms with van der Waals surface area (Å²) in [7, 11) is 1.60. The van der Waals surface area contributed by atoms with Crippen molar-refractivity contribution in [2.24, 2.45) is 0 Å². The molecular weight excluding hydrogens is 388 g/mol. The maximum absolute atomic E-state index is 5.69. The third-order valence-electron chi connectivity index (χ3n) is 5.11. The second-order valence-corrected chi connectivity index (χ2v) is 8.09. The van der Waals surface area contributed by atoms with E-state index in [1.54, 1.807) is 30.7 Å². The fraction of sp³-hybridized carbons (Fsp3) is 0.400. The number of hydrogen-bond acceptors (Lipinski definition) is 9. The van der Waals surface area contributed by atoms with E-state index in [4.69, 9.17) is 19.4 Å². The molecule has 29 heavy (non-hydrogen) atoms. The first-order valence-electron chi connectivity index (χ1n) is 9.77. The van der Waals surface area contributed by atoms with Crippen LogP contribution < -0.4 is 15.4 Å². The molecule has 4 heterocycles. The van der Waals surface area contributed by atoms with Crippen LogP contribution in [0.4, 0.5) is 16.8 Å². The first-order chi connectivity index (χ1) is 14.3. The van der Waals surface area contributed by atoms with Gasteiger partial charge in [-0.05, 0) is 37.3 Å².